The van der Waals surface area contributed by atoms with Gasteiger partial charge in [0, 0.05) is 17.7 Å². The average molecular weight is 427 g/mol. The number of pyridine rings is 1. The van der Waals surface area contributed by atoms with Gasteiger partial charge in [-0.2, -0.15) is 0 Å². The Hall–Kier alpha value is -3.09. The summed E-state index contributed by atoms with van der Waals surface area (Å²) in [6, 6.07) is 3.79. The van der Waals surface area contributed by atoms with Crippen molar-refractivity contribution in [1.82, 2.24) is 4.98 Å². The van der Waals surface area contributed by atoms with Crippen molar-refractivity contribution in [3.8, 4) is 11.5 Å². The van der Waals surface area contributed by atoms with Gasteiger partial charge in [0.05, 0.1) is 6.61 Å². The van der Waals surface area contributed by atoms with Crippen LogP contribution in [0.25, 0.3) is 0 Å². The lowest BCUT2D eigenvalue weighted by atomic mass is 9.86. The average Bonchev–Trinajstić information content (AvgIpc) is 2.69. The maximum Gasteiger partial charge on any atom is 0.513 e. The minimum Gasteiger partial charge on any atom is -0.477 e. The van der Waals surface area contributed by atoms with Gasteiger partial charge in [0.25, 0.3) is 5.91 Å². The van der Waals surface area contributed by atoms with E-state index in [2.05, 4.69) is 10.3 Å². The Morgan fingerprint density at radius 1 is 1.13 bits per heavy atom. The summed E-state index contributed by atoms with van der Waals surface area (Å²) < 4.78 is 16.7. The SMILES string of the molecule is CCOC(=O)Oc1c(C)c(C)c2c(c1C)CCC(C)(C(=O)Nc1cc(C)cc(C)n1)O2. The van der Waals surface area contributed by atoms with Gasteiger partial charge >= 0.3 is 6.16 Å². The van der Waals surface area contributed by atoms with Crippen LogP contribution in [0, 0.1) is 34.6 Å². The largest absolute Gasteiger partial charge is 0.513 e. The van der Waals surface area contributed by atoms with Crippen molar-refractivity contribution >= 4 is 17.9 Å². The molecule has 0 fully saturated rings. The van der Waals surface area contributed by atoms with Crippen LogP contribution in [0.2, 0.25) is 0 Å². The van der Waals surface area contributed by atoms with Crippen molar-refractivity contribution in [2.24, 2.45) is 0 Å². The number of ether oxygens (including phenoxy) is 3. The third-order valence-corrected chi connectivity index (χ3v) is 5.76. The van der Waals surface area contributed by atoms with Crippen molar-refractivity contribution in [2.45, 2.75) is 66.9 Å². The van der Waals surface area contributed by atoms with E-state index >= 15 is 0 Å². The highest BCUT2D eigenvalue weighted by molar-refractivity contribution is 5.97. The molecular formula is C24H30N2O5. The van der Waals surface area contributed by atoms with Crippen molar-refractivity contribution in [3.63, 3.8) is 0 Å². The Morgan fingerprint density at radius 3 is 2.48 bits per heavy atom. The van der Waals surface area contributed by atoms with E-state index in [9.17, 15) is 9.59 Å². The first-order valence-corrected chi connectivity index (χ1v) is 10.5. The molecule has 7 nitrogen and oxygen atoms in total. The van der Waals surface area contributed by atoms with Crippen LogP contribution in [0.1, 0.15) is 53.8 Å². The minimum atomic E-state index is -1.04. The number of anilines is 1. The first kappa shape index (κ1) is 22.6. The Balaban J connectivity index is 1.90. The normalized spacial score (nSPS) is 17.4. The molecule has 1 amide bonds. The first-order chi connectivity index (χ1) is 14.6. The number of carbonyl (C=O) groups is 2. The highest BCUT2D eigenvalue weighted by Crippen LogP contribution is 2.44. The van der Waals surface area contributed by atoms with Crippen LogP contribution in [-0.2, 0) is 16.0 Å². The van der Waals surface area contributed by atoms with E-state index in [0.29, 0.717) is 30.2 Å². The maximum atomic E-state index is 13.1. The van der Waals surface area contributed by atoms with Crippen molar-refractivity contribution < 1.29 is 23.8 Å². The lowest BCUT2D eigenvalue weighted by molar-refractivity contribution is -0.131. The van der Waals surface area contributed by atoms with E-state index < -0.39 is 11.8 Å². The molecule has 2 heterocycles. The van der Waals surface area contributed by atoms with Gasteiger partial charge in [-0.3, -0.25) is 4.79 Å². The zero-order chi connectivity index (χ0) is 22.9. The first-order valence-electron chi connectivity index (χ1n) is 10.5. The molecule has 0 radical (unpaired) electrons. The van der Waals surface area contributed by atoms with Gasteiger partial charge in [0.15, 0.2) is 5.60 Å². The number of amides is 1. The van der Waals surface area contributed by atoms with Gasteiger partial charge in [-0.15, -0.1) is 0 Å². The van der Waals surface area contributed by atoms with E-state index in [-0.39, 0.29) is 12.5 Å². The summed E-state index contributed by atoms with van der Waals surface area (Å²) in [6.07, 6.45) is 0.375. The lowest BCUT2D eigenvalue weighted by Gasteiger charge is -2.36. The van der Waals surface area contributed by atoms with Crippen LogP contribution in [-0.4, -0.2) is 29.3 Å². The molecule has 1 atom stereocenters. The third kappa shape index (κ3) is 4.50. The van der Waals surface area contributed by atoms with E-state index in [1.54, 1.807) is 13.8 Å². The molecule has 3 rings (SSSR count). The summed E-state index contributed by atoms with van der Waals surface area (Å²) in [5, 5.41) is 2.90. The van der Waals surface area contributed by atoms with Crippen LogP contribution in [0.3, 0.4) is 0 Å². The zero-order valence-electron chi connectivity index (χ0n) is 19.3. The Labute approximate surface area is 183 Å². The quantitative estimate of drug-likeness (QED) is 0.554. The van der Waals surface area contributed by atoms with Crippen LogP contribution in [0.5, 0.6) is 11.5 Å². The van der Waals surface area contributed by atoms with Gasteiger partial charge in [-0.25, -0.2) is 9.78 Å². The summed E-state index contributed by atoms with van der Waals surface area (Å²) in [6.45, 7) is 13.3. The topological polar surface area (TPSA) is 86.8 Å². The standard InChI is InChI=1S/C24H30N2O5/c1-8-29-23(28)30-20-15(4)16(5)21-18(17(20)6)9-10-24(7,31-21)22(27)26-19-12-13(2)11-14(3)25-19/h11-12H,8-10H2,1-7H3,(H,25,26,27). The van der Waals surface area contributed by atoms with Gasteiger partial charge in [0.2, 0.25) is 0 Å². The number of hydrogen-bond donors (Lipinski definition) is 1. The van der Waals surface area contributed by atoms with Crippen LogP contribution in [0.4, 0.5) is 10.6 Å². The molecule has 0 spiro atoms. The van der Waals surface area contributed by atoms with Gasteiger partial charge in [-0.1, -0.05) is 0 Å². The fourth-order valence-electron chi connectivity index (χ4n) is 3.93. The van der Waals surface area contributed by atoms with E-state index in [1.165, 1.54) is 0 Å². The fraction of sp³-hybridized carbons (Fsp3) is 0.458. The molecule has 1 aliphatic rings. The monoisotopic (exact) mass is 426 g/mol. The molecule has 31 heavy (non-hydrogen) atoms. The third-order valence-electron chi connectivity index (χ3n) is 5.76. The second kappa shape index (κ2) is 8.57. The summed E-state index contributed by atoms with van der Waals surface area (Å²) in [7, 11) is 0. The molecule has 1 aromatic carbocycles. The Kier molecular flexibility index (Phi) is 6.25. The molecule has 1 N–H and O–H groups in total. The molecule has 166 valence electrons. The molecule has 0 bridgehead atoms. The van der Waals surface area contributed by atoms with Gasteiger partial charge in [-0.05, 0) is 89.3 Å². The number of fused-ring (bicyclic) bond motifs is 1. The molecule has 1 aromatic heterocycles. The molecule has 2 aromatic rings. The Bertz CT molecular complexity index is 1030. The van der Waals surface area contributed by atoms with Gasteiger partial charge < -0.3 is 19.5 Å². The summed E-state index contributed by atoms with van der Waals surface area (Å²) in [5.41, 5.74) is 4.21. The highest BCUT2D eigenvalue weighted by atomic mass is 16.7. The van der Waals surface area contributed by atoms with Crippen molar-refractivity contribution in [1.29, 1.82) is 0 Å². The number of nitrogens with zero attached hydrogens (tertiary/aromatic N) is 1. The van der Waals surface area contributed by atoms with Crippen LogP contribution < -0.4 is 14.8 Å². The van der Waals surface area contributed by atoms with E-state index in [4.69, 9.17) is 14.2 Å². The fourth-order valence-corrected chi connectivity index (χ4v) is 3.93. The number of carbonyl (C=O) groups excluding carboxylic acids is 2. The smallest absolute Gasteiger partial charge is 0.477 e. The zero-order valence-corrected chi connectivity index (χ0v) is 19.3. The molecule has 7 heteroatoms. The number of benzene rings is 1. The summed E-state index contributed by atoms with van der Waals surface area (Å²) in [5.74, 6) is 1.44. The molecule has 0 saturated carbocycles. The molecule has 1 aliphatic heterocycles. The number of aryl methyl sites for hydroxylation is 2. The van der Waals surface area contributed by atoms with Crippen molar-refractivity contribution in [2.75, 3.05) is 11.9 Å². The summed E-state index contributed by atoms with van der Waals surface area (Å²) >= 11 is 0. The minimum absolute atomic E-state index is 0.239. The molecule has 0 saturated heterocycles. The van der Waals surface area contributed by atoms with Crippen LogP contribution in [0.15, 0.2) is 12.1 Å². The molecule has 1 unspecified atom stereocenters. The summed E-state index contributed by atoms with van der Waals surface area (Å²) in [4.78, 5) is 29.4. The predicted molar refractivity (Wildman–Crippen MR) is 118 cm³/mol. The predicted octanol–water partition coefficient (Wildman–Crippen LogP) is 4.88. The van der Waals surface area contributed by atoms with E-state index in [1.807, 2.05) is 46.8 Å². The lowest BCUT2D eigenvalue weighted by Crippen LogP contribution is -2.48. The number of nitrogens with one attached hydrogen (secondary N) is 1. The maximum absolute atomic E-state index is 13.1. The second-order valence-electron chi connectivity index (χ2n) is 8.26. The van der Waals surface area contributed by atoms with Crippen LogP contribution >= 0.6 is 0 Å². The highest BCUT2D eigenvalue weighted by Gasteiger charge is 2.41. The molecule has 0 aliphatic carbocycles. The second-order valence-corrected chi connectivity index (χ2v) is 8.26. The molecular weight excluding hydrogens is 396 g/mol. The Morgan fingerprint density at radius 2 is 1.84 bits per heavy atom. The van der Waals surface area contributed by atoms with Crippen molar-refractivity contribution in [3.05, 3.63) is 45.6 Å². The number of hydrogen-bond acceptors (Lipinski definition) is 6. The van der Waals surface area contributed by atoms with Gasteiger partial charge in [0.1, 0.15) is 17.3 Å². The number of aromatic nitrogens is 1. The van der Waals surface area contributed by atoms with E-state index in [0.717, 1.165) is 33.5 Å². The number of rotatable bonds is 4.